The Morgan fingerprint density at radius 3 is 2.85 bits per heavy atom. The van der Waals surface area contributed by atoms with E-state index in [-0.39, 0.29) is 12.5 Å². The van der Waals surface area contributed by atoms with Crippen LogP contribution in [0.15, 0.2) is 24.3 Å². The average molecular weight is 305 g/mol. The molecule has 2 N–H and O–H groups in total. The third kappa shape index (κ3) is 4.20. The molecule has 0 aromatic carbocycles. The van der Waals surface area contributed by atoms with Crippen molar-refractivity contribution in [2.45, 2.75) is 19.9 Å². The topological polar surface area (TPSA) is 49.3 Å². The molecule has 5 heteroatoms. The Morgan fingerprint density at radius 1 is 1.30 bits per heavy atom. The van der Waals surface area contributed by atoms with Crippen LogP contribution in [-0.4, -0.2) is 17.6 Å². The van der Waals surface area contributed by atoms with E-state index >= 15 is 0 Å². The summed E-state index contributed by atoms with van der Waals surface area (Å²) in [4.78, 5) is 15.9. The van der Waals surface area contributed by atoms with Gasteiger partial charge in [0, 0.05) is 16.2 Å². The number of nitrogens with one attached hydrogen (secondary N) is 1. The predicted molar refractivity (Wildman–Crippen MR) is 83.1 cm³/mol. The second-order valence-corrected chi connectivity index (χ2v) is 6.59. The quantitative estimate of drug-likeness (QED) is 0.853. The fraction of sp³-hybridized carbons (Fsp3) is 0.267. The average Bonchev–Trinajstić information content (AvgIpc) is 3.06. The summed E-state index contributed by atoms with van der Waals surface area (Å²) in [7, 11) is 0. The maximum atomic E-state index is 12.0. The first-order valence-corrected chi connectivity index (χ1v) is 7.85. The van der Waals surface area contributed by atoms with Gasteiger partial charge in [-0.25, -0.2) is 0 Å². The van der Waals surface area contributed by atoms with Gasteiger partial charge in [-0.2, -0.15) is 0 Å². The molecule has 2 rings (SSSR count). The molecule has 2 aromatic rings. The molecule has 104 valence electrons. The number of rotatable bonds is 4. The largest absolute Gasteiger partial charge is 0.395 e. The van der Waals surface area contributed by atoms with Crippen LogP contribution in [-0.2, 0) is 6.54 Å². The molecule has 0 spiro atoms. The fourth-order valence-corrected chi connectivity index (χ4v) is 3.19. The van der Waals surface area contributed by atoms with Gasteiger partial charge < -0.3 is 10.4 Å². The SMILES string of the molecule is Cc1ccc(CNC(=O)c2ccc(C#CCCO)s2)s1. The van der Waals surface area contributed by atoms with Crippen molar-refractivity contribution in [1.82, 2.24) is 5.32 Å². The highest BCUT2D eigenvalue weighted by molar-refractivity contribution is 7.14. The summed E-state index contributed by atoms with van der Waals surface area (Å²) >= 11 is 3.05. The molecule has 0 unspecified atom stereocenters. The maximum absolute atomic E-state index is 12.0. The fourth-order valence-electron chi connectivity index (χ4n) is 1.57. The molecule has 0 atom stereocenters. The van der Waals surface area contributed by atoms with Crippen LogP contribution in [0.25, 0.3) is 0 Å². The van der Waals surface area contributed by atoms with Crippen molar-refractivity contribution in [2.24, 2.45) is 0 Å². The van der Waals surface area contributed by atoms with Crippen LogP contribution in [0, 0.1) is 18.8 Å². The molecule has 0 bridgehead atoms. The lowest BCUT2D eigenvalue weighted by Crippen LogP contribution is -2.21. The highest BCUT2D eigenvalue weighted by Gasteiger charge is 2.08. The molecule has 0 radical (unpaired) electrons. The van der Waals surface area contributed by atoms with Crippen molar-refractivity contribution >= 4 is 28.6 Å². The van der Waals surface area contributed by atoms with E-state index in [0.29, 0.717) is 17.8 Å². The molecule has 0 fully saturated rings. The van der Waals surface area contributed by atoms with E-state index in [1.54, 1.807) is 17.4 Å². The van der Waals surface area contributed by atoms with Gasteiger partial charge in [0.15, 0.2) is 0 Å². The molecule has 0 aliphatic rings. The Labute approximate surface area is 126 Å². The van der Waals surface area contributed by atoms with Gasteiger partial charge in [-0.05, 0) is 31.2 Å². The first-order valence-electron chi connectivity index (χ1n) is 6.22. The van der Waals surface area contributed by atoms with Crippen LogP contribution in [0.4, 0.5) is 0 Å². The lowest BCUT2D eigenvalue weighted by Gasteiger charge is -2.00. The van der Waals surface area contributed by atoms with Crippen LogP contribution in [0.3, 0.4) is 0 Å². The van der Waals surface area contributed by atoms with E-state index in [2.05, 4.69) is 17.2 Å². The number of hydrogen-bond donors (Lipinski definition) is 2. The lowest BCUT2D eigenvalue weighted by atomic mass is 10.3. The van der Waals surface area contributed by atoms with E-state index in [1.165, 1.54) is 16.2 Å². The zero-order valence-corrected chi connectivity index (χ0v) is 12.7. The molecular formula is C15H15NO2S2. The first kappa shape index (κ1) is 14.8. The van der Waals surface area contributed by atoms with Gasteiger partial charge in [-0.15, -0.1) is 22.7 Å². The molecule has 2 aromatic heterocycles. The molecule has 20 heavy (non-hydrogen) atoms. The number of carbonyl (C=O) groups is 1. The van der Waals surface area contributed by atoms with E-state index in [0.717, 1.165) is 9.75 Å². The Morgan fingerprint density at radius 2 is 2.15 bits per heavy atom. The molecule has 0 aliphatic heterocycles. The van der Waals surface area contributed by atoms with Gasteiger partial charge in [-0.3, -0.25) is 4.79 Å². The number of aliphatic hydroxyl groups is 1. The van der Waals surface area contributed by atoms with Crippen molar-refractivity contribution in [2.75, 3.05) is 6.61 Å². The number of amides is 1. The number of hydrogen-bond acceptors (Lipinski definition) is 4. The Balaban J connectivity index is 1.91. The highest BCUT2D eigenvalue weighted by Crippen LogP contribution is 2.17. The molecule has 0 saturated carbocycles. The summed E-state index contributed by atoms with van der Waals surface area (Å²) < 4.78 is 0. The minimum Gasteiger partial charge on any atom is -0.395 e. The van der Waals surface area contributed by atoms with Crippen molar-refractivity contribution in [3.63, 3.8) is 0 Å². The number of aliphatic hydroxyl groups excluding tert-OH is 1. The van der Waals surface area contributed by atoms with Gasteiger partial charge in [0.2, 0.25) is 0 Å². The highest BCUT2D eigenvalue weighted by atomic mass is 32.1. The third-order valence-electron chi connectivity index (χ3n) is 2.50. The summed E-state index contributed by atoms with van der Waals surface area (Å²) in [6, 6.07) is 7.69. The maximum Gasteiger partial charge on any atom is 0.261 e. The Kier molecular flexibility index (Phi) is 5.36. The van der Waals surface area contributed by atoms with E-state index in [1.807, 2.05) is 25.1 Å². The summed E-state index contributed by atoms with van der Waals surface area (Å²) in [5.41, 5.74) is 0. The van der Waals surface area contributed by atoms with Crippen molar-refractivity contribution in [3.05, 3.63) is 43.8 Å². The summed E-state index contributed by atoms with van der Waals surface area (Å²) in [5, 5.41) is 11.6. The van der Waals surface area contributed by atoms with Crippen molar-refractivity contribution < 1.29 is 9.90 Å². The van der Waals surface area contributed by atoms with Gasteiger partial charge in [0.25, 0.3) is 5.91 Å². The summed E-state index contributed by atoms with van der Waals surface area (Å²) in [5.74, 6) is 5.70. The minimum absolute atomic E-state index is 0.0615. The molecule has 2 heterocycles. The van der Waals surface area contributed by atoms with Crippen molar-refractivity contribution in [3.8, 4) is 11.8 Å². The van der Waals surface area contributed by atoms with Crippen LogP contribution >= 0.6 is 22.7 Å². The molecule has 1 amide bonds. The van der Waals surface area contributed by atoms with Crippen LogP contribution in [0.5, 0.6) is 0 Å². The summed E-state index contributed by atoms with van der Waals surface area (Å²) in [6.45, 7) is 2.67. The normalized spacial score (nSPS) is 9.90. The molecule has 0 aliphatic carbocycles. The van der Waals surface area contributed by atoms with Crippen molar-refractivity contribution in [1.29, 1.82) is 0 Å². The Hall–Kier alpha value is -1.61. The number of aryl methyl sites for hydroxylation is 1. The van der Waals surface area contributed by atoms with E-state index in [4.69, 9.17) is 5.11 Å². The smallest absolute Gasteiger partial charge is 0.261 e. The molecule has 0 saturated heterocycles. The van der Waals surface area contributed by atoms with E-state index in [9.17, 15) is 4.79 Å². The minimum atomic E-state index is -0.0729. The van der Waals surface area contributed by atoms with Crippen LogP contribution in [0.1, 0.15) is 30.7 Å². The zero-order chi connectivity index (χ0) is 14.4. The lowest BCUT2D eigenvalue weighted by molar-refractivity contribution is 0.0955. The standard InChI is InChI=1S/C15H15NO2S2/c1-11-5-6-13(19-11)10-16-15(18)14-8-7-12(20-14)4-2-3-9-17/h5-8,17H,3,9-10H2,1H3,(H,16,18). The zero-order valence-electron chi connectivity index (χ0n) is 11.1. The van der Waals surface area contributed by atoms with Gasteiger partial charge in [0.1, 0.15) is 0 Å². The monoisotopic (exact) mass is 305 g/mol. The number of carbonyl (C=O) groups excluding carboxylic acids is 1. The number of thiophene rings is 2. The van der Waals surface area contributed by atoms with Gasteiger partial charge in [-0.1, -0.05) is 11.8 Å². The second kappa shape index (κ2) is 7.25. The van der Waals surface area contributed by atoms with Crippen LogP contribution < -0.4 is 5.32 Å². The van der Waals surface area contributed by atoms with Gasteiger partial charge >= 0.3 is 0 Å². The first-order chi connectivity index (χ1) is 9.69. The predicted octanol–water partition coefficient (Wildman–Crippen LogP) is 2.78. The molecule has 3 nitrogen and oxygen atoms in total. The third-order valence-corrected chi connectivity index (χ3v) is 4.50. The Bertz CT molecular complexity index is 646. The van der Waals surface area contributed by atoms with Crippen LogP contribution in [0.2, 0.25) is 0 Å². The molecular weight excluding hydrogens is 290 g/mol. The van der Waals surface area contributed by atoms with Gasteiger partial charge in [0.05, 0.1) is 22.9 Å². The second-order valence-electron chi connectivity index (χ2n) is 4.13. The summed E-state index contributed by atoms with van der Waals surface area (Å²) in [6.07, 6.45) is 0.456. The van der Waals surface area contributed by atoms with E-state index < -0.39 is 0 Å².